The molecule has 4 fully saturated rings. The molecular formula is C28H28N2O2. The van der Waals surface area contributed by atoms with Gasteiger partial charge in [0.15, 0.2) is 0 Å². The van der Waals surface area contributed by atoms with E-state index >= 15 is 0 Å². The van der Waals surface area contributed by atoms with Crippen LogP contribution in [0, 0.1) is 37.0 Å². The van der Waals surface area contributed by atoms with Gasteiger partial charge in [0.1, 0.15) is 5.75 Å². The average Bonchev–Trinajstić information content (AvgIpc) is 3.16. The molecule has 0 atom stereocenters. The second-order valence-electron chi connectivity index (χ2n) is 10.8. The number of aromatic amines is 1. The molecule has 1 N–H and O–H groups in total. The maximum atomic E-state index is 13.5. The smallest absolute Gasteiger partial charge is 0.317 e. The quantitative estimate of drug-likeness (QED) is 0.291. The van der Waals surface area contributed by atoms with Crippen LogP contribution in [0.25, 0.3) is 32.6 Å². The van der Waals surface area contributed by atoms with Crippen LogP contribution in [-0.4, -0.2) is 15.9 Å². The van der Waals surface area contributed by atoms with Gasteiger partial charge in [-0.05, 0) is 111 Å². The zero-order valence-corrected chi connectivity index (χ0v) is 18.7. The van der Waals surface area contributed by atoms with Crippen molar-refractivity contribution < 1.29 is 9.53 Å². The highest BCUT2D eigenvalue weighted by molar-refractivity contribution is 6.16. The van der Waals surface area contributed by atoms with Gasteiger partial charge in [0.2, 0.25) is 0 Å². The van der Waals surface area contributed by atoms with Crippen molar-refractivity contribution in [3.05, 3.63) is 47.8 Å². The molecule has 4 aliphatic rings. The van der Waals surface area contributed by atoms with Crippen LogP contribution in [0.2, 0.25) is 0 Å². The first-order valence-electron chi connectivity index (χ1n) is 12.0. The number of benzene rings is 2. The number of esters is 1. The molecule has 2 heterocycles. The lowest BCUT2D eigenvalue weighted by Gasteiger charge is -2.55. The van der Waals surface area contributed by atoms with Crippen LogP contribution >= 0.6 is 0 Å². The molecule has 4 aliphatic carbocycles. The van der Waals surface area contributed by atoms with Gasteiger partial charge in [0.05, 0.1) is 10.9 Å². The van der Waals surface area contributed by atoms with Crippen LogP contribution in [-0.2, 0) is 4.79 Å². The van der Waals surface area contributed by atoms with Crippen molar-refractivity contribution in [2.75, 3.05) is 0 Å². The Morgan fingerprint density at radius 2 is 1.69 bits per heavy atom. The minimum Gasteiger partial charge on any atom is -0.426 e. The number of hydrogen-bond acceptors (Lipinski definition) is 3. The first-order chi connectivity index (χ1) is 15.5. The zero-order valence-electron chi connectivity index (χ0n) is 18.7. The van der Waals surface area contributed by atoms with Gasteiger partial charge in [-0.3, -0.25) is 9.78 Å². The van der Waals surface area contributed by atoms with E-state index in [1.54, 1.807) is 0 Å². The van der Waals surface area contributed by atoms with E-state index in [1.165, 1.54) is 46.5 Å². The van der Waals surface area contributed by atoms with E-state index in [9.17, 15) is 4.79 Å². The number of rotatable bonds is 2. The van der Waals surface area contributed by atoms with Crippen molar-refractivity contribution in [1.29, 1.82) is 0 Å². The molecule has 4 aromatic rings. The Balaban J connectivity index is 1.31. The molecule has 4 bridgehead atoms. The van der Waals surface area contributed by atoms with E-state index in [1.807, 2.05) is 18.5 Å². The summed E-state index contributed by atoms with van der Waals surface area (Å²) in [6, 6.07) is 8.14. The Labute approximate surface area is 187 Å². The first kappa shape index (κ1) is 18.7. The van der Waals surface area contributed by atoms with Crippen molar-refractivity contribution in [2.45, 2.75) is 52.4 Å². The van der Waals surface area contributed by atoms with Crippen molar-refractivity contribution >= 4 is 38.5 Å². The fourth-order valence-electron chi connectivity index (χ4n) is 7.77. The summed E-state index contributed by atoms with van der Waals surface area (Å²) in [5.74, 6) is 2.88. The van der Waals surface area contributed by atoms with E-state index in [2.05, 4.69) is 42.0 Å². The number of ether oxygens (including phenoxy) is 1. The third kappa shape index (κ3) is 2.49. The van der Waals surface area contributed by atoms with Gasteiger partial charge in [-0.25, -0.2) is 0 Å². The number of H-pyrrole nitrogens is 1. The molecule has 4 heteroatoms. The molecule has 162 valence electrons. The van der Waals surface area contributed by atoms with E-state index < -0.39 is 0 Å². The van der Waals surface area contributed by atoms with Gasteiger partial charge in [-0.1, -0.05) is 0 Å². The SMILES string of the molecule is Cc1c2ccncc2c(C)c2c1[nH]c1ccc(OC(=O)C34CC5CC(CC(C5)C3)C4)cc12. The zero-order chi connectivity index (χ0) is 21.6. The monoisotopic (exact) mass is 424 g/mol. The Kier molecular flexibility index (Phi) is 3.70. The van der Waals surface area contributed by atoms with Crippen molar-refractivity contribution in [1.82, 2.24) is 9.97 Å². The Morgan fingerprint density at radius 1 is 0.969 bits per heavy atom. The molecule has 0 amide bonds. The summed E-state index contributed by atoms with van der Waals surface area (Å²) in [5, 5.41) is 4.72. The predicted octanol–water partition coefficient (Wildman–Crippen LogP) is 6.61. The minimum atomic E-state index is -0.238. The van der Waals surface area contributed by atoms with Crippen LogP contribution in [0.15, 0.2) is 36.7 Å². The van der Waals surface area contributed by atoms with Gasteiger partial charge < -0.3 is 9.72 Å². The Morgan fingerprint density at radius 3 is 2.41 bits per heavy atom. The second-order valence-corrected chi connectivity index (χ2v) is 10.8. The van der Waals surface area contributed by atoms with Gasteiger partial charge in [-0.2, -0.15) is 0 Å². The highest BCUT2D eigenvalue weighted by Crippen LogP contribution is 2.60. The van der Waals surface area contributed by atoms with Crippen molar-refractivity contribution in [3.8, 4) is 5.75 Å². The summed E-state index contributed by atoms with van der Waals surface area (Å²) < 4.78 is 6.12. The molecule has 0 radical (unpaired) electrons. The van der Waals surface area contributed by atoms with Crippen molar-refractivity contribution in [3.63, 3.8) is 0 Å². The van der Waals surface area contributed by atoms with E-state index in [-0.39, 0.29) is 11.4 Å². The molecule has 4 saturated carbocycles. The molecule has 4 nitrogen and oxygen atoms in total. The number of fused-ring (bicyclic) bond motifs is 4. The normalized spacial score (nSPS) is 28.8. The lowest BCUT2D eigenvalue weighted by atomic mass is 9.49. The summed E-state index contributed by atoms with van der Waals surface area (Å²) in [6.07, 6.45) is 10.9. The molecule has 0 unspecified atom stereocenters. The molecule has 8 rings (SSSR count). The number of pyridine rings is 1. The van der Waals surface area contributed by atoms with Gasteiger partial charge in [0.25, 0.3) is 0 Å². The van der Waals surface area contributed by atoms with E-state index in [0.717, 1.165) is 53.4 Å². The van der Waals surface area contributed by atoms with Crippen LogP contribution in [0.1, 0.15) is 49.7 Å². The third-order valence-corrected chi connectivity index (χ3v) is 8.83. The molecule has 32 heavy (non-hydrogen) atoms. The Bertz CT molecular complexity index is 1390. The second kappa shape index (κ2) is 6.34. The molecule has 2 aromatic carbocycles. The van der Waals surface area contributed by atoms with Crippen LogP contribution in [0.4, 0.5) is 0 Å². The number of carbonyl (C=O) groups excluding carboxylic acids is 1. The van der Waals surface area contributed by atoms with Gasteiger partial charge >= 0.3 is 5.97 Å². The number of hydrogen-bond donors (Lipinski definition) is 1. The summed E-state index contributed by atoms with van der Waals surface area (Å²) in [5.41, 5.74) is 4.43. The maximum Gasteiger partial charge on any atom is 0.317 e. The molecular weight excluding hydrogens is 396 g/mol. The Hall–Kier alpha value is -2.88. The highest BCUT2D eigenvalue weighted by atomic mass is 16.5. The largest absolute Gasteiger partial charge is 0.426 e. The highest BCUT2D eigenvalue weighted by Gasteiger charge is 2.55. The van der Waals surface area contributed by atoms with Gasteiger partial charge in [0, 0.05) is 34.1 Å². The summed E-state index contributed by atoms with van der Waals surface area (Å²) in [7, 11) is 0. The fourth-order valence-corrected chi connectivity index (χ4v) is 7.77. The lowest BCUT2D eigenvalue weighted by molar-refractivity contribution is -0.161. The average molecular weight is 425 g/mol. The summed E-state index contributed by atoms with van der Waals surface area (Å²) in [4.78, 5) is 21.4. The number of nitrogens with zero attached hydrogens (tertiary/aromatic N) is 1. The topological polar surface area (TPSA) is 55.0 Å². The predicted molar refractivity (Wildman–Crippen MR) is 127 cm³/mol. The van der Waals surface area contributed by atoms with Crippen molar-refractivity contribution in [2.24, 2.45) is 23.2 Å². The van der Waals surface area contributed by atoms with Crippen LogP contribution < -0.4 is 4.74 Å². The molecule has 0 spiro atoms. The van der Waals surface area contributed by atoms with Gasteiger partial charge in [-0.15, -0.1) is 0 Å². The standard InChI is InChI=1S/C28H28N2O2/c1-15-23-14-29-6-5-21(23)16(2)26-25(15)22-10-20(3-4-24(22)30-26)32-27(31)28-11-17-7-18(12-28)9-19(8-17)13-28/h3-6,10,14,17-19,30H,7-9,11-13H2,1-2H3. The van der Waals surface area contributed by atoms with E-state index in [4.69, 9.17) is 4.74 Å². The maximum absolute atomic E-state index is 13.5. The number of carbonyl (C=O) groups is 1. The van der Waals surface area contributed by atoms with E-state index in [0.29, 0.717) is 5.75 Å². The first-order valence-corrected chi connectivity index (χ1v) is 12.0. The minimum absolute atomic E-state index is 0.0124. The number of nitrogens with one attached hydrogen (secondary N) is 1. The lowest BCUT2D eigenvalue weighted by Crippen LogP contribution is -2.51. The summed E-state index contributed by atoms with van der Waals surface area (Å²) >= 11 is 0. The fraction of sp³-hybridized carbons (Fsp3) is 0.429. The van der Waals surface area contributed by atoms with Crippen LogP contribution in [0.3, 0.4) is 0 Å². The summed E-state index contributed by atoms with van der Waals surface area (Å²) in [6.45, 7) is 4.32. The molecule has 0 aliphatic heterocycles. The number of aryl methyl sites for hydroxylation is 2. The number of aromatic nitrogens is 2. The third-order valence-electron chi connectivity index (χ3n) is 8.83. The molecule has 2 aromatic heterocycles. The molecule has 0 saturated heterocycles. The van der Waals surface area contributed by atoms with Crippen LogP contribution in [0.5, 0.6) is 5.75 Å².